The lowest BCUT2D eigenvalue weighted by atomic mass is 9.74. The second kappa shape index (κ2) is 10.6. The van der Waals surface area contributed by atoms with Crippen molar-refractivity contribution in [2.45, 2.75) is 103 Å². The zero-order valence-electron chi connectivity index (χ0n) is 17.2. The topological polar surface area (TPSA) is 0 Å². The second-order valence-electron chi connectivity index (χ2n) is 9.35. The summed E-state index contributed by atoms with van der Waals surface area (Å²) in [6.45, 7) is 2.29. The second-order valence-corrected chi connectivity index (χ2v) is 9.35. The predicted octanol–water partition coefficient (Wildman–Crippen LogP) is 8.41. The molecule has 0 atom stereocenters. The van der Waals surface area contributed by atoms with Gasteiger partial charge in [0.1, 0.15) is 0 Å². The van der Waals surface area contributed by atoms with Crippen molar-refractivity contribution in [1.29, 1.82) is 0 Å². The summed E-state index contributed by atoms with van der Waals surface area (Å²) < 4.78 is 26.6. The van der Waals surface area contributed by atoms with Gasteiger partial charge in [-0.05, 0) is 67.1 Å². The number of benzene rings is 1. The summed E-state index contributed by atoms with van der Waals surface area (Å²) >= 11 is 0. The average molecular weight is 377 g/mol. The fourth-order valence-electron chi connectivity index (χ4n) is 5.51. The van der Waals surface area contributed by atoms with E-state index in [0.717, 1.165) is 36.2 Å². The molecule has 0 saturated heterocycles. The summed E-state index contributed by atoms with van der Waals surface area (Å²) in [5.41, 5.74) is 0.994. The lowest BCUT2D eigenvalue weighted by molar-refractivity contribution is 0.222. The van der Waals surface area contributed by atoms with Gasteiger partial charge in [-0.15, -0.1) is 0 Å². The Morgan fingerprint density at radius 3 is 1.81 bits per heavy atom. The maximum atomic E-state index is 13.5. The van der Waals surface area contributed by atoms with Gasteiger partial charge < -0.3 is 0 Å². The Kier molecular flexibility index (Phi) is 8.15. The molecule has 2 aliphatic rings. The van der Waals surface area contributed by atoms with Gasteiger partial charge in [-0.3, -0.25) is 0 Å². The van der Waals surface area contributed by atoms with Crippen LogP contribution in [0.4, 0.5) is 8.78 Å². The third-order valence-electron chi connectivity index (χ3n) is 7.43. The third-order valence-corrected chi connectivity index (χ3v) is 7.43. The Morgan fingerprint density at radius 2 is 1.26 bits per heavy atom. The van der Waals surface area contributed by atoms with Crippen molar-refractivity contribution in [2.24, 2.45) is 17.8 Å². The van der Waals surface area contributed by atoms with Crippen LogP contribution in [0.2, 0.25) is 0 Å². The van der Waals surface area contributed by atoms with Crippen LogP contribution in [-0.4, -0.2) is 0 Å². The van der Waals surface area contributed by atoms with Gasteiger partial charge >= 0.3 is 0 Å². The molecular weight excluding hydrogens is 338 g/mol. The van der Waals surface area contributed by atoms with Gasteiger partial charge in [0.2, 0.25) is 0 Å². The van der Waals surface area contributed by atoms with E-state index in [4.69, 9.17) is 0 Å². The molecule has 0 spiro atoms. The summed E-state index contributed by atoms with van der Waals surface area (Å²) in [4.78, 5) is 0. The van der Waals surface area contributed by atoms with Gasteiger partial charge in [0.25, 0.3) is 0 Å². The van der Waals surface area contributed by atoms with E-state index >= 15 is 0 Å². The van der Waals surface area contributed by atoms with E-state index in [9.17, 15) is 8.78 Å². The molecule has 152 valence electrons. The van der Waals surface area contributed by atoms with E-state index < -0.39 is 11.6 Å². The highest BCUT2D eigenvalue weighted by molar-refractivity contribution is 5.22. The van der Waals surface area contributed by atoms with Crippen molar-refractivity contribution >= 4 is 0 Å². The van der Waals surface area contributed by atoms with Gasteiger partial charge in [-0.1, -0.05) is 77.2 Å². The molecule has 0 bridgehead atoms. The lowest BCUT2D eigenvalue weighted by Gasteiger charge is -2.32. The molecule has 0 heterocycles. The summed E-state index contributed by atoms with van der Waals surface area (Å²) in [5, 5.41) is 0. The minimum atomic E-state index is -0.729. The molecule has 0 nitrogen and oxygen atoms in total. The number of rotatable bonds is 8. The average Bonchev–Trinajstić information content (AvgIpc) is 2.70. The van der Waals surface area contributed by atoms with Crippen molar-refractivity contribution in [3.63, 3.8) is 0 Å². The molecule has 0 aromatic heterocycles. The molecular formula is C25H38F2. The van der Waals surface area contributed by atoms with E-state index in [1.165, 1.54) is 89.2 Å². The highest BCUT2D eigenvalue weighted by atomic mass is 19.2. The van der Waals surface area contributed by atoms with Crippen LogP contribution in [0.5, 0.6) is 0 Å². The quantitative estimate of drug-likeness (QED) is 0.399. The van der Waals surface area contributed by atoms with Crippen molar-refractivity contribution in [3.8, 4) is 0 Å². The Bertz CT molecular complexity index is 551. The molecule has 2 aliphatic carbocycles. The van der Waals surface area contributed by atoms with Crippen LogP contribution in [0.3, 0.4) is 0 Å². The molecule has 2 heteroatoms. The smallest absolute Gasteiger partial charge is 0.159 e. The van der Waals surface area contributed by atoms with Gasteiger partial charge in [0.15, 0.2) is 11.6 Å². The van der Waals surface area contributed by atoms with Crippen molar-refractivity contribution < 1.29 is 8.78 Å². The van der Waals surface area contributed by atoms with Crippen molar-refractivity contribution in [2.75, 3.05) is 0 Å². The highest BCUT2D eigenvalue weighted by Gasteiger charge is 2.25. The number of hydrogen-bond donors (Lipinski definition) is 0. The standard InChI is InChI=1S/C25H38F2/c1-2-3-4-5-19-6-8-20(9-7-19)10-11-21-12-14-22(15-13-21)23-16-17-24(26)25(27)18-23/h16-22H,2-15H2,1H3/t19-,20-,21-,22-. The van der Waals surface area contributed by atoms with Crippen molar-refractivity contribution in [3.05, 3.63) is 35.4 Å². The van der Waals surface area contributed by atoms with Crippen LogP contribution in [0.1, 0.15) is 108 Å². The summed E-state index contributed by atoms with van der Waals surface area (Å²) in [6.07, 6.45) is 19.1. The first-order valence-electron chi connectivity index (χ1n) is 11.6. The Morgan fingerprint density at radius 1 is 0.704 bits per heavy atom. The number of unbranched alkanes of at least 4 members (excludes halogenated alkanes) is 2. The van der Waals surface area contributed by atoms with E-state index in [2.05, 4.69) is 6.92 Å². The molecule has 0 amide bonds. The highest BCUT2D eigenvalue weighted by Crippen LogP contribution is 2.40. The molecule has 27 heavy (non-hydrogen) atoms. The van der Waals surface area contributed by atoms with Crippen LogP contribution in [0.15, 0.2) is 18.2 Å². The van der Waals surface area contributed by atoms with E-state index in [0.29, 0.717) is 5.92 Å². The van der Waals surface area contributed by atoms with Crippen LogP contribution in [-0.2, 0) is 0 Å². The fourth-order valence-corrected chi connectivity index (χ4v) is 5.51. The third kappa shape index (κ3) is 6.29. The van der Waals surface area contributed by atoms with E-state index in [1.54, 1.807) is 6.07 Å². The molecule has 0 radical (unpaired) electrons. The van der Waals surface area contributed by atoms with Crippen LogP contribution >= 0.6 is 0 Å². The van der Waals surface area contributed by atoms with Crippen LogP contribution in [0, 0.1) is 29.4 Å². The van der Waals surface area contributed by atoms with Gasteiger partial charge in [0, 0.05) is 0 Å². The Hall–Kier alpha value is -0.920. The molecule has 1 aromatic rings. The maximum absolute atomic E-state index is 13.5. The van der Waals surface area contributed by atoms with E-state index in [-0.39, 0.29) is 0 Å². The van der Waals surface area contributed by atoms with Gasteiger partial charge in [0.05, 0.1) is 0 Å². The summed E-state index contributed by atoms with van der Waals surface area (Å²) in [6, 6.07) is 4.48. The molecule has 2 saturated carbocycles. The Labute approximate surface area is 165 Å². The molecule has 3 rings (SSSR count). The Balaban J connectivity index is 1.32. The monoisotopic (exact) mass is 376 g/mol. The molecule has 2 fully saturated rings. The summed E-state index contributed by atoms with van der Waals surface area (Å²) in [7, 11) is 0. The zero-order valence-corrected chi connectivity index (χ0v) is 17.2. The molecule has 0 aliphatic heterocycles. The SMILES string of the molecule is CCCCC[C@H]1CC[C@H](CC[C@H]2CC[C@H](c3ccc(F)c(F)c3)CC2)CC1. The van der Waals surface area contributed by atoms with Crippen LogP contribution in [0.25, 0.3) is 0 Å². The van der Waals surface area contributed by atoms with Crippen LogP contribution < -0.4 is 0 Å². The van der Waals surface area contributed by atoms with E-state index in [1.807, 2.05) is 0 Å². The molecule has 0 unspecified atom stereocenters. The minimum absolute atomic E-state index is 0.426. The first-order valence-corrected chi connectivity index (χ1v) is 11.6. The molecule has 0 N–H and O–H groups in total. The minimum Gasteiger partial charge on any atom is -0.204 e. The van der Waals surface area contributed by atoms with Crippen molar-refractivity contribution in [1.82, 2.24) is 0 Å². The summed E-state index contributed by atoms with van der Waals surface area (Å²) in [5.74, 6) is 1.84. The number of halogens is 2. The van der Waals surface area contributed by atoms with Gasteiger partial charge in [-0.2, -0.15) is 0 Å². The first kappa shape index (κ1) is 20.8. The van der Waals surface area contributed by atoms with Gasteiger partial charge in [-0.25, -0.2) is 8.78 Å². The normalized spacial score (nSPS) is 29.0. The maximum Gasteiger partial charge on any atom is 0.159 e. The predicted molar refractivity (Wildman–Crippen MR) is 110 cm³/mol. The number of hydrogen-bond acceptors (Lipinski definition) is 0. The lowest BCUT2D eigenvalue weighted by Crippen LogP contribution is -2.18. The molecule has 1 aromatic carbocycles. The largest absolute Gasteiger partial charge is 0.204 e. The fraction of sp³-hybridized carbons (Fsp3) is 0.760. The first-order chi connectivity index (χ1) is 13.2. The zero-order chi connectivity index (χ0) is 19.1.